The standard InChI is InChI=1S/C17H26N2OS/c1-17(2,3)13-7-8-19(11-13)10-12-5-6-15(20-4)14(9-12)16(18)21/h5-6,9,13H,7-8,10-11H2,1-4H3,(H2,18,21). The first-order valence-electron chi connectivity index (χ1n) is 7.50. The van der Waals surface area contributed by atoms with Crippen LogP contribution < -0.4 is 10.5 Å². The van der Waals surface area contributed by atoms with Crippen molar-refractivity contribution in [2.24, 2.45) is 17.1 Å². The SMILES string of the molecule is COc1ccc(CN2CCC(C(C)(C)C)C2)cc1C(N)=S. The molecule has 1 saturated heterocycles. The Morgan fingerprint density at radius 1 is 1.43 bits per heavy atom. The summed E-state index contributed by atoms with van der Waals surface area (Å²) in [6.07, 6.45) is 1.28. The van der Waals surface area contributed by atoms with E-state index in [0.717, 1.165) is 36.9 Å². The molecule has 0 spiro atoms. The Morgan fingerprint density at radius 3 is 2.67 bits per heavy atom. The second kappa shape index (κ2) is 6.32. The third-order valence-corrected chi connectivity index (χ3v) is 4.65. The van der Waals surface area contributed by atoms with Gasteiger partial charge in [0.1, 0.15) is 10.7 Å². The van der Waals surface area contributed by atoms with Crippen molar-refractivity contribution in [1.82, 2.24) is 4.90 Å². The highest BCUT2D eigenvalue weighted by Gasteiger charge is 2.31. The molecular formula is C17H26N2OS. The van der Waals surface area contributed by atoms with Crippen LogP contribution in [0.2, 0.25) is 0 Å². The van der Waals surface area contributed by atoms with Gasteiger partial charge in [0, 0.05) is 13.1 Å². The van der Waals surface area contributed by atoms with E-state index in [2.05, 4.69) is 37.8 Å². The fourth-order valence-corrected chi connectivity index (χ4v) is 3.15. The van der Waals surface area contributed by atoms with Gasteiger partial charge in [-0.05, 0) is 42.0 Å². The maximum atomic E-state index is 5.78. The second-order valence-corrected chi connectivity index (χ2v) is 7.43. The Labute approximate surface area is 133 Å². The van der Waals surface area contributed by atoms with E-state index in [1.165, 1.54) is 12.0 Å². The van der Waals surface area contributed by atoms with Gasteiger partial charge in [0.2, 0.25) is 0 Å². The highest BCUT2D eigenvalue weighted by Crippen LogP contribution is 2.34. The highest BCUT2D eigenvalue weighted by atomic mass is 32.1. The predicted molar refractivity (Wildman–Crippen MR) is 91.7 cm³/mol. The normalized spacial score (nSPS) is 19.7. The molecule has 116 valence electrons. The number of likely N-dealkylation sites (tertiary alicyclic amines) is 1. The molecule has 21 heavy (non-hydrogen) atoms. The molecule has 0 radical (unpaired) electrons. The Hall–Kier alpha value is -1.13. The molecule has 0 amide bonds. The summed E-state index contributed by atoms with van der Waals surface area (Å²) in [5.41, 5.74) is 8.25. The molecule has 0 aliphatic carbocycles. The molecule has 1 aromatic rings. The molecular weight excluding hydrogens is 280 g/mol. The third-order valence-electron chi connectivity index (χ3n) is 4.43. The molecule has 3 nitrogen and oxygen atoms in total. The van der Waals surface area contributed by atoms with Crippen molar-refractivity contribution in [1.29, 1.82) is 0 Å². The van der Waals surface area contributed by atoms with Crippen LogP contribution in [0.1, 0.15) is 38.3 Å². The minimum atomic E-state index is 0.388. The number of methoxy groups -OCH3 is 1. The first-order chi connectivity index (χ1) is 9.81. The quantitative estimate of drug-likeness (QED) is 0.867. The van der Waals surface area contributed by atoms with Gasteiger partial charge in [0.25, 0.3) is 0 Å². The Kier molecular flexibility index (Phi) is 4.89. The van der Waals surface area contributed by atoms with E-state index in [0.29, 0.717) is 10.4 Å². The van der Waals surface area contributed by atoms with Crippen LogP contribution in [-0.4, -0.2) is 30.1 Å². The lowest BCUT2D eigenvalue weighted by molar-refractivity contribution is 0.226. The molecule has 0 bridgehead atoms. The number of hydrogen-bond donors (Lipinski definition) is 1. The zero-order valence-electron chi connectivity index (χ0n) is 13.5. The van der Waals surface area contributed by atoms with E-state index in [1.54, 1.807) is 7.11 Å². The van der Waals surface area contributed by atoms with Crippen molar-refractivity contribution in [3.63, 3.8) is 0 Å². The molecule has 1 aliphatic rings. The van der Waals surface area contributed by atoms with Gasteiger partial charge in [-0.2, -0.15) is 0 Å². The smallest absolute Gasteiger partial charge is 0.129 e. The summed E-state index contributed by atoms with van der Waals surface area (Å²) in [5.74, 6) is 1.52. The molecule has 0 aromatic heterocycles. The molecule has 0 saturated carbocycles. The predicted octanol–water partition coefficient (Wildman–Crippen LogP) is 3.20. The van der Waals surface area contributed by atoms with Crippen LogP contribution in [-0.2, 0) is 6.54 Å². The summed E-state index contributed by atoms with van der Waals surface area (Å²) in [4.78, 5) is 2.91. The topological polar surface area (TPSA) is 38.5 Å². The lowest BCUT2D eigenvalue weighted by Gasteiger charge is -2.27. The van der Waals surface area contributed by atoms with Gasteiger partial charge in [-0.15, -0.1) is 0 Å². The van der Waals surface area contributed by atoms with Gasteiger partial charge in [-0.25, -0.2) is 0 Å². The van der Waals surface area contributed by atoms with Gasteiger partial charge >= 0.3 is 0 Å². The van der Waals surface area contributed by atoms with E-state index in [4.69, 9.17) is 22.7 Å². The molecule has 1 aromatic carbocycles. The summed E-state index contributed by atoms with van der Waals surface area (Å²) in [6.45, 7) is 10.3. The summed E-state index contributed by atoms with van der Waals surface area (Å²) in [7, 11) is 1.64. The number of rotatable bonds is 4. The largest absolute Gasteiger partial charge is 0.496 e. The van der Waals surface area contributed by atoms with Crippen LogP contribution in [0.3, 0.4) is 0 Å². The average molecular weight is 306 g/mol. The second-order valence-electron chi connectivity index (χ2n) is 6.99. The van der Waals surface area contributed by atoms with Crippen LogP contribution in [0.4, 0.5) is 0 Å². The summed E-state index contributed by atoms with van der Waals surface area (Å²) in [6, 6.07) is 6.12. The minimum absolute atomic E-state index is 0.388. The van der Waals surface area contributed by atoms with E-state index in [-0.39, 0.29) is 0 Å². The van der Waals surface area contributed by atoms with Crippen LogP contribution >= 0.6 is 12.2 Å². The number of hydrogen-bond acceptors (Lipinski definition) is 3. The zero-order valence-corrected chi connectivity index (χ0v) is 14.3. The van der Waals surface area contributed by atoms with E-state index in [1.807, 2.05) is 6.07 Å². The number of nitrogens with two attached hydrogens (primary N) is 1. The van der Waals surface area contributed by atoms with Crippen LogP contribution in [0, 0.1) is 11.3 Å². The summed E-state index contributed by atoms with van der Waals surface area (Å²) >= 11 is 5.11. The Morgan fingerprint density at radius 2 is 2.14 bits per heavy atom. The van der Waals surface area contributed by atoms with Crippen LogP contribution in [0.15, 0.2) is 18.2 Å². The third kappa shape index (κ3) is 3.95. The van der Waals surface area contributed by atoms with E-state index >= 15 is 0 Å². The summed E-state index contributed by atoms with van der Waals surface area (Å²) < 4.78 is 5.31. The maximum absolute atomic E-state index is 5.78. The van der Waals surface area contributed by atoms with Crippen molar-refractivity contribution < 1.29 is 4.74 Å². The summed E-state index contributed by atoms with van der Waals surface area (Å²) in [5, 5.41) is 0. The first kappa shape index (κ1) is 16.2. The maximum Gasteiger partial charge on any atom is 0.129 e. The van der Waals surface area contributed by atoms with Crippen LogP contribution in [0.25, 0.3) is 0 Å². The highest BCUT2D eigenvalue weighted by molar-refractivity contribution is 7.80. The Balaban J connectivity index is 2.08. The van der Waals surface area contributed by atoms with Gasteiger partial charge in [0.05, 0.1) is 12.7 Å². The average Bonchev–Trinajstić information content (AvgIpc) is 2.87. The number of benzene rings is 1. The van der Waals surface area contributed by atoms with Gasteiger partial charge in [-0.1, -0.05) is 39.1 Å². The fraction of sp³-hybridized carbons (Fsp3) is 0.588. The van der Waals surface area contributed by atoms with Crippen LogP contribution in [0.5, 0.6) is 5.75 Å². The van der Waals surface area contributed by atoms with Gasteiger partial charge in [0.15, 0.2) is 0 Å². The van der Waals surface area contributed by atoms with E-state index < -0.39 is 0 Å². The van der Waals surface area contributed by atoms with Crippen molar-refractivity contribution in [3.05, 3.63) is 29.3 Å². The fourth-order valence-electron chi connectivity index (χ4n) is 2.99. The number of thiocarbonyl (C=S) groups is 1. The van der Waals surface area contributed by atoms with E-state index in [9.17, 15) is 0 Å². The molecule has 1 heterocycles. The minimum Gasteiger partial charge on any atom is -0.496 e. The molecule has 4 heteroatoms. The molecule has 2 rings (SSSR count). The van der Waals surface area contributed by atoms with Crippen molar-refractivity contribution >= 4 is 17.2 Å². The monoisotopic (exact) mass is 306 g/mol. The lowest BCUT2D eigenvalue weighted by atomic mass is 9.80. The number of ether oxygens (including phenoxy) is 1. The molecule has 1 aliphatic heterocycles. The molecule has 1 fully saturated rings. The Bertz CT molecular complexity index is 522. The van der Waals surface area contributed by atoms with Crippen molar-refractivity contribution in [3.8, 4) is 5.75 Å². The molecule has 1 atom stereocenters. The van der Waals surface area contributed by atoms with Gasteiger partial charge in [-0.3, -0.25) is 4.90 Å². The lowest BCUT2D eigenvalue weighted by Crippen LogP contribution is -2.26. The first-order valence-corrected chi connectivity index (χ1v) is 7.91. The van der Waals surface area contributed by atoms with Crippen molar-refractivity contribution in [2.45, 2.75) is 33.7 Å². The zero-order chi connectivity index (χ0) is 15.6. The van der Waals surface area contributed by atoms with Crippen molar-refractivity contribution in [2.75, 3.05) is 20.2 Å². The van der Waals surface area contributed by atoms with Gasteiger partial charge < -0.3 is 10.5 Å². The molecule has 1 unspecified atom stereocenters. The number of nitrogens with zero attached hydrogens (tertiary/aromatic N) is 1. The molecule has 2 N–H and O–H groups in total.